The van der Waals surface area contributed by atoms with Crippen LogP contribution in [0.25, 0.3) is 0 Å². The Morgan fingerprint density at radius 1 is 1.22 bits per heavy atom. The number of nitrogens with one attached hydrogen (secondary N) is 2. The summed E-state index contributed by atoms with van der Waals surface area (Å²) in [6.07, 6.45) is 6.99. The molecule has 3 rings (SSSR count). The molecule has 0 bridgehead atoms. The molecule has 1 atom stereocenters. The molecule has 148 valence electrons. The summed E-state index contributed by atoms with van der Waals surface area (Å²) in [6, 6.07) is 5.30. The molecular formula is C21H31N3O3. The fourth-order valence-electron chi connectivity index (χ4n) is 3.90. The van der Waals surface area contributed by atoms with Gasteiger partial charge in [-0.25, -0.2) is 0 Å². The Labute approximate surface area is 161 Å². The lowest BCUT2D eigenvalue weighted by Crippen LogP contribution is -2.31. The van der Waals surface area contributed by atoms with Gasteiger partial charge in [-0.15, -0.1) is 0 Å². The van der Waals surface area contributed by atoms with Gasteiger partial charge >= 0.3 is 0 Å². The number of methoxy groups -OCH3 is 1. The molecule has 2 amide bonds. The number of ether oxygens (including phenoxy) is 1. The molecule has 2 saturated heterocycles. The maximum Gasteiger partial charge on any atom is 0.253 e. The van der Waals surface area contributed by atoms with E-state index >= 15 is 0 Å². The van der Waals surface area contributed by atoms with Crippen molar-refractivity contribution >= 4 is 17.5 Å². The number of rotatable bonds is 6. The maximum atomic E-state index is 12.9. The van der Waals surface area contributed by atoms with Gasteiger partial charge in [0.15, 0.2) is 0 Å². The van der Waals surface area contributed by atoms with Crippen LogP contribution in [-0.2, 0) is 4.79 Å². The van der Waals surface area contributed by atoms with Gasteiger partial charge in [-0.3, -0.25) is 9.59 Å². The summed E-state index contributed by atoms with van der Waals surface area (Å²) in [6.45, 7) is 3.65. The van der Waals surface area contributed by atoms with E-state index in [1.807, 2.05) is 4.90 Å². The van der Waals surface area contributed by atoms with E-state index in [9.17, 15) is 9.59 Å². The van der Waals surface area contributed by atoms with Crippen LogP contribution in [0.5, 0.6) is 5.75 Å². The average molecular weight is 373 g/mol. The summed E-state index contributed by atoms with van der Waals surface area (Å²) in [5.74, 6) is 1.17. The highest BCUT2D eigenvalue weighted by Gasteiger charge is 2.20. The van der Waals surface area contributed by atoms with E-state index in [1.165, 1.54) is 12.8 Å². The number of hydrogen-bond donors (Lipinski definition) is 2. The molecule has 27 heavy (non-hydrogen) atoms. The monoisotopic (exact) mass is 373 g/mol. The standard InChI is InChI=1S/C21H31N3O3/c1-27-19-8-7-17(21(26)24-12-4-2-3-5-13-24)14-18(19)23-20(25)9-6-16-10-11-22-15-16/h7-8,14,16,22H,2-6,9-13,15H2,1H3,(H,23,25). The van der Waals surface area contributed by atoms with Crippen molar-refractivity contribution in [3.05, 3.63) is 23.8 Å². The second-order valence-corrected chi connectivity index (χ2v) is 7.57. The minimum atomic E-state index is -0.0282. The van der Waals surface area contributed by atoms with E-state index in [4.69, 9.17) is 4.74 Å². The van der Waals surface area contributed by atoms with Crippen molar-refractivity contribution in [2.24, 2.45) is 5.92 Å². The lowest BCUT2D eigenvalue weighted by atomic mass is 10.0. The lowest BCUT2D eigenvalue weighted by Gasteiger charge is -2.21. The van der Waals surface area contributed by atoms with Gasteiger partial charge < -0.3 is 20.3 Å². The summed E-state index contributed by atoms with van der Waals surface area (Å²) in [4.78, 5) is 27.2. The third-order valence-electron chi connectivity index (χ3n) is 5.56. The summed E-state index contributed by atoms with van der Waals surface area (Å²) in [5.41, 5.74) is 1.18. The minimum Gasteiger partial charge on any atom is -0.495 e. The van der Waals surface area contributed by atoms with E-state index in [1.54, 1.807) is 25.3 Å². The first-order valence-electron chi connectivity index (χ1n) is 10.2. The smallest absolute Gasteiger partial charge is 0.253 e. The summed E-state index contributed by atoms with van der Waals surface area (Å²) >= 11 is 0. The van der Waals surface area contributed by atoms with Crippen molar-refractivity contribution in [2.45, 2.75) is 44.9 Å². The fraction of sp³-hybridized carbons (Fsp3) is 0.619. The molecule has 1 aromatic rings. The van der Waals surface area contributed by atoms with Crippen LogP contribution in [-0.4, -0.2) is 50.0 Å². The number of amides is 2. The number of anilines is 1. The average Bonchev–Trinajstić information content (AvgIpc) is 3.06. The Balaban J connectivity index is 1.65. The Hall–Kier alpha value is -2.08. The Kier molecular flexibility index (Phi) is 7.10. The molecule has 2 aliphatic rings. The van der Waals surface area contributed by atoms with E-state index in [0.717, 1.165) is 51.9 Å². The van der Waals surface area contributed by atoms with Gasteiger partial charge in [-0.1, -0.05) is 12.8 Å². The Morgan fingerprint density at radius 3 is 2.67 bits per heavy atom. The first kappa shape index (κ1) is 19.7. The lowest BCUT2D eigenvalue weighted by molar-refractivity contribution is -0.116. The molecule has 0 saturated carbocycles. The fourth-order valence-corrected chi connectivity index (χ4v) is 3.90. The highest BCUT2D eigenvalue weighted by atomic mass is 16.5. The number of hydrogen-bond acceptors (Lipinski definition) is 4. The van der Waals surface area contributed by atoms with Crippen LogP contribution >= 0.6 is 0 Å². The van der Waals surface area contributed by atoms with Crippen LogP contribution in [0.1, 0.15) is 55.3 Å². The normalized spacial score (nSPS) is 20.2. The van der Waals surface area contributed by atoms with Crippen LogP contribution in [0.4, 0.5) is 5.69 Å². The summed E-state index contributed by atoms with van der Waals surface area (Å²) in [5, 5.41) is 6.27. The molecule has 0 radical (unpaired) electrons. The van der Waals surface area contributed by atoms with Gasteiger partial charge in [-0.05, 0) is 62.9 Å². The number of benzene rings is 1. The van der Waals surface area contributed by atoms with Crippen LogP contribution in [0, 0.1) is 5.92 Å². The summed E-state index contributed by atoms with van der Waals surface area (Å²) < 4.78 is 5.37. The molecule has 1 aromatic carbocycles. The molecule has 2 fully saturated rings. The molecule has 0 aliphatic carbocycles. The highest BCUT2D eigenvalue weighted by Crippen LogP contribution is 2.27. The van der Waals surface area contributed by atoms with Crippen molar-refractivity contribution in [3.8, 4) is 5.75 Å². The molecule has 6 nitrogen and oxygen atoms in total. The first-order valence-corrected chi connectivity index (χ1v) is 10.2. The topological polar surface area (TPSA) is 70.7 Å². The van der Waals surface area contributed by atoms with Crippen molar-refractivity contribution in [1.82, 2.24) is 10.2 Å². The zero-order chi connectivity index (χ0) is 19.1. The van der Waals surface area contributed by atoms with E-state index in [-0.39, 0.29) is 11.8 Å². The molecule has 2 heterocycles. The van der Waals surface area contributed by atoms with Crippen LogP contribution in [0.3, 0.4) is 0 Å². The minimum absolute atomic E-state index is 0.0282. The molecule has 2 aliphatic heterocycles. The largest absolute Gasteiger partial charge is 0.495 e. The Bertz CT molecular complexity index is 648. The number of nitrogens with zero attached hydrogens (tertiary/aromatic N) is 1. The van der Waals surface area contributed by atoms with Crippen LogP contribution in [0.15, 0.2) is 18.2 Å². The van der Waals surface area contributed by atoms with E-state index in [0.29, 0.717) is 29.3 Å². The van der Waals surface area contributed by atoms with Gasteiger partial charge in [0.05, 0.1) is 12.8 Å². The van der Waals surface area contributed by atoms with Gasteiger partial charge in [0.25, 0.3) is 5.91 Å². The molecule has 2 N–H and O–H groups in total. The zero-order valence-corrected chi connectivity index (χ0v) is 16.3. The predicted molar refractivity (Wildman–Crippen MR) is 106 cm³/mol. The molecule has 0 aromatic heterocycles. The van der Waals surface area contributed by atoms with E-state index in [2.05, 4.69) is 10.6 Å². The van der Waals surface area contributed by atoms with Gasteiger partial charge in [0, 0.05) is 25.1 Å². The van der Waals surface area contributed by atoms with Crippen molar-refractivity contribution in [2.75, 3.05) is 38.6 Å². The van der Waals surface area contributed by atoms with Gasteiger partial charge in [0.2, 0.25) is 5.91 Å². The summed E-state index contributed by atoms with van der Waals surface area (Å²) in [7, 11) is 1.57. The molecular weight excluding hydrogens is 342 g/mol. The SMILES string of the molecule is COc1ccc(C(=O)N2CCCCCC2)cc1NC(=O)CCC1CCNC1. The third-order valence-corrected chi connectivity index (χ3v) is 5.56. The van der Waals surface area contributed by atoms with E-state index < -0.39 is 0 Å². The predicted octanol–water partition coefficient (Wildman–Crippen LogP) is 3.04. The highest BCUT2D eigenvalue weighted by molar-refractivity contribution is 5.98. The second kappa shape index (κ2) is 9.74. The zero-order valence-electron chi connectivity index (χ0n) is 16.3. The second-order valence-electron chi connectivity index (χ2n) is 7.57. The molecule has 0 spiro atoms. The maximum absolute atomic E-state index is 12.9. The van der Waals surface area contributed by atoms with Gasteiger partial charge in [0.1, 0.15) is 5.75 Å². The van der Waals surface area contributed by atoms with Crippen LogP contribution < -0.4 is 15.4 Å². The van der Waals surface area contributed by atoms with Crippen molar-refractivity contribution in [3.63, 3.8) is 0 Å². The van der Waals surface area contributed by atoms with Gasteiger partial charge in [-0.2, -0.15) is 0 Å². The molecule has 6 heteroatoms. The van der Waals surface area contributed by atoms with Crippen LogP contribution in [0.2, 0.25) is 0 Å². The molecule has 1 unspecified atom stereocenters. The number of likely N-dealkylation sites (tertiary alicyclic amines) is 1. The van der Waals surface area contributed by atoms with Crippen molar-refractivity contribution < 1.29 is 14.3 Å². The quantitative estimate of drug-likeness (QED) is 0.804. The third kappa shape index (κ3) is 5.45. The number of carbonyl (C=O) groups is 2. The number of carbonyl (C=O) groups excluding carboxylic acids is 2. The van der Waals surface area contributed by atoms with Crippen molar-refractivity contribution in [1.29, 1.82) is 0 Å². The first-order chi connectivity index (χ1) is 13.2. The Morgan fingerprint density at radius 2 is 2.00 bits per heavy atom.